The molecule has 1 N–H and O–H groups in total. The van der Waals surface area contributed by atoms with Gasteiger partial charge in [-0.1, -0.05) is 22.0 Å². The van der Waals surface area contributed by atoms with Crippen LogP contribution in [-0.2, 0) is 9.84 Å². The maximum atomic E-state index is 13.1. The molecule has 0 radical (unpaired) electrons. The number of nitrogens with zero attached hydrogens (tertiary/aromatic N) is 2. The summed E-state index contributed by atoms with van der Waals surface area (Å²) in [4.78, 5) is 8.27. The molecule has 3 aromatic rings. The van der Waals surface area contributed by atoms with Crippen molar-refractivity contribution in [2.75, 3.05) is 38.1 Å². The fraction of sp³-hybridized carbons (Fsp3) is 0.263. The van der Waals surface area contributed by atoms with Gasteiger partial charge in [0.25, 0.3) is 0 Å². The number of aromatic nitrogens is 1. The Balaban J connectivity index is 1.65. The summed E-state index contributed by atoms with van der Waals surface area (Å²) in [5.74, 6) is 0. The first-order valence-electron chi connectivity index (χ1n) is 8.50. The number of hydrogen-bond acceptors (Lipinski definition) is 4. The molecular weight excluding hydrogens is 414 g/mol. The Morgan fingerprint density at radius 2 is 1.69 bits per heavy atom. The normalized spacial score (nSPS) is 16.3. The van der Waals surface area contributed by atoms with Crippen LogP contribution in [0.5, 0.6) is 0 Å². The number of fused-ring (bicyclic) bond motifs is 1. The highest BCUT2D eigenvalue weighted by atomic mass is 79.9. The fourth-order valence-corrected chi connectivity index (χ4v) is 5.11. The largest absolute Gasteiger partial charge is 0.369 e. The van der Waals surface area contributed by atoms with Crippen molar-refractivity contribution >= 4 is 42.4 Å². The van der Waals surface area contributed by atoms with E-state index in [1.165, 1.54) is 0 Å². The van der Waals surface area contributed by atoms with Crippen LogP contribution in [0.3, 0.4) is 0 Å². The zero-order valence-electron chi connectivity index (χ0n) is 14.4. The Morgan fingerprint density at radius 1 is 1.00 bits per heavy atom. The molecule has 0 aliphatic carbocycles. The van der Waals surface area contributed by atoms with E-state index in [4.69, 9.17) is 0 Å². The minimum atomic E-state index is -3.56. The second kappa shape index (κ2) is 6.72. The maximum absolute atomic E-state index is 13.1. The van der Waals surface area contributed by atoms with E-state index in [9.17, 15) is 8.42 Å². The van der Waals surface area contributed by atoms with Crippen LogP contribution in [0.2, 0.25) is 0 Å². The van der Waals surface area contributed by atoms with Crippen molar-refractivity contribution in [2.45, 2.75) is 9.79 Å². The van der Waals surface area contributed by atoms with E-state index in [1.54, 1.807) is 18.3 Å². The third-order valence-electron chi connectivity index (χ3n) is 4.91. The van der Waals surface area contributed by atoms with Gasteiger partial charge in [0.15, 0.2) is 0 Å². The van der Waals surface area contributed by atoms with Crippen molar-refractivity contribution in [3.8, 4) is 0 Å². The van der Waals surface area contributed by atoms with Crippen LogP contribution in [0.15, 0.2) is 62.9 Å². The monoisotopic (exact) mass is 433 g/mol. The van der Waals surface area contributed by atoms with Gasteiger partial charge in [-0.2, -0.15) is 0 Å². The van der Waals surface area contributed by atoms with Gasteiger partial charge in [-0.05, 0) is 43.4 Å². The molecule has 1 aromatic heterocycles. The number of rotatable bonds is 3. The van der Waals surface area contributed by atoms with E-state index >= 15 is 0 Å². The van der Waals surface area contributed by atoms with Crippen molar-refractivity contribution in [2.24, 2.45) is 0 Å². The molecule has 1 fully saturated rings. The van der Waals surface area contributed by atoms with Gasteiger partial charge in [0.1, 0.15) is 0 Å². The number of sulfone groups is 1. The number of halogens is 1. The predicted octanol–water partition coefficient (Wildman–Crippen LogP) is 3.52. The van der Waals surface area contributed by atoms with Crippen molar-refractivity contribution in [1.82, 2.24) is 9.88 Å². The molecule has 0 spiro atoms. The Hall–Kier alpha value is -1.83. The number of hydrogen-bond donors (Lipinski definition) is 1. The molecule has 1 aliphatic heterocycles. The van der Waals surface area contributed by atoms with E-state index in [0.717, 1.165) is 41.9 Å². The summed E-state index contributed by atoms with van der Waals surface area (Å²) >= 11 is 3.41. The molecule has 2 aromatic carbocycles. The van der Waals surface area contributed by atoms with Crippen LogP contribution in [0.25, 0.3) is 10.9 Å². The highest BCUT2D eigenvalue weighted by molar-refractivity contribution is 9.10. The van der Waals surface area contributed by atoms with E-state index in [1.807, 2.05) is 30.3 Å². The molecule has 136 valence electrons. The van der Waals surface area contributed by atoms with Gasteiger partial charge in [-0.3, -0.25) is 0 Å². The minimum absolute atomic E-state index is 0.312. The average Bonchev–Trinajstić information content (AvgIpc) is 3.06. The molecule has 7 heteroatoms. The number of aromatic amines is 1. The molecule has 1 saturated heterocycles. The van der Waals surface area contributed by atoms with E-state index in [0.29, 0.717) is 15.2 Å². The summed E-state index contributed by atoms with van der Waals surface area (Å²) in [5.41, 5.74) is 1.87. The van der Waals surface area contributed by atoms with Crippen molar-refractivity contribution in [3.63, 3.8) is 0 Å². The molecule has 0 saturated carbocycles. The summed E-state index contributed by atoms with van der Waals surface area (Å²) in [6.45, 7) is 3.95. The third-order valence-corrected chi connectivity index (χ3v) is 7.21. The lowest BCUT2D eigenvalue weighted by Gasteiger charge is -2.34. The van der Waals surface area contributed by atoms with E-state index < -0.39 is 9.84 Å². The van der Waals surface area contributed by atoms with Crippen LogP contribution in [-0.4, -0.2) is 51.5 Å². The first-order chi connectivity index (χ1) is 12.4. The molecular formula is C19H20BrN3O2S. The maximum Gasteiger partial charge on any atom is 0.208 e. The number of H-pyrrole nitrogens is 1. The number of likely N-dealkylation sites (N-methyl/N-ethyl adjacent to an activating group) is 1. The van der Waals surface area contributed by atoms with E-state index in [-0.39, 0.29) is 0 Å². The summed E-state index contributed by atoms with van der Waals surface area (Å²) in [7, 11) is -1.45. The zero-order valence-corrected chi connectivity index (χ0v) is 16.8. The summed E-state index contributed by atoms with van der Waals surface area (Å²) in [5, 5.41) is 0.705. The lowest BCUT2D eigenvalue weighted by atomic mass is 10.2. The van der Waals surface area contributed by atoms with E-state index in [2.05, 4.69) is 37.8 Å². The van der Waals surface area contributed by atoms with Crippen LogP contribution < -0.4 is 4.90 Å². The number of piperazine rings is 1. The first-order valence-corrected chi connectivity index (χ1v) is 10.8. The van der Waals surface area contributed by atoms with Crippen LogP contribution >= 0.6 is 15.9 Å². The topological polar surface area (TPSA) is 56.4 Å². The Kier molecular flexibility index (Phi) is 4.54. The van der Waals surface area contributed by atoms with Gasteiger partial charge in [0.05, 0.1) is 9.79 Å². The molecule has 2 heterocycles. The third kappa shape index (κ3) is 3.15. The molecule has 5 nitrogen and oxygen atoms in total. The number of benzene rings is 2. The van der Waals surface area contributed by atoms with Crippen LogP contribution in [0, 0.1) is 0 Å². The Morgan fingerprint density at radius 3 is 2.38 bits per heavy atom. The molecule has 0 bridgehead atoms. The van der Waals surface area contributed by atoms with Gasteiger partial charge in [0, 0.05) is 53.4 Å². The first kappa shape index (κ1) is 17.6. The van der Waals surface area contributed by atoms with Crippen molar-refractivity contribution in [3.05, 3.63) is 53.1 Å². The lowest BCUT2D eigenvalue weighted by Crippen LogP contribution is -2.44. The fourth-order valence-electron chi connectivity index (χ4n) is 3.32. The highest BCUT2D eigenvalue weighted by Gasteiger charge is 2.22. The zero-order chi connectivity index (χ0) is 18.3. The number of nitrogens with one attached hydrogen (secondary N) is 1. The molecule has 1 aliphatic rings. The van der Waals surface area contributed by atoms with Crippen molar-refractivity contribution < 1.29 is 8.42 Å². The molecule has 0 atom stereocenters. The van der Waals surface area contributed by atoms with Gasteiger partial charge < -0.3 is 14.8 Å². The molecule has 26 heavy (non-hydrogen) atoms. The molecule has 4 rings (SSSR count). The predicted molar refractivity (Wildman–Crippen MR) is 108 cm³/mol. The summed E-state index contributed by atoms with van der Waals surface area (Å²) in [6.07, 6.45) is 1.57. The second-order valence-electron chi connectivity index (χ2n) is 6.63. The molecule has 0 unspecified atom stereocenters. The molecule has 0 amide bonds. The van der Waals surface area contributed by atoms with Gasteiger partial charge >= 0.3 is 0 Å². The van der Waals surface area contributed by atoms with Crippen molar-refractivity contribution in [1.29, 1.82) is 0 Å². The summed E-state index contributed by atoms with van der Waals surface area (Å²) < 4.78 is 27.1. The minimum Gasteiger partial charge on any atom is -0.369 e. The van der Waals surface area contributed by atoms with Crippen LogP contribution in [0.1, 0.15) is 0 Å². The van der Waals surface area contributed by atoms with Gasteiger partial charge in [0.2, 0.25) is 9.84 Å². The quantitative estimate of drug-likeness (QED) is 0.686. The second-order valence-corrected chi connectivity index (χ2v) is 9.46. The SMILES string of the molecule is CN1CCN(c2ccc(S(=O)(=O)c3c[nH]c4cc(Br)ccc34)cc2)CC1. The standard InChI is InChI=1S/C19H20BrN3O2S/c1-22-8-10-23(11-9-22)15-3-5-16(6-4-15)26(24,25)19-13-21-18-12-14(20)2-7-17(18)19/h2-7,12-13,21H,8-11H2,1H3. The van der Waals surface area contributed by atoms with Gasteiger partial charge in [-0.25, -0.2) is 8.42 Å². The summed E-state index contributed by atoms with van der Waals surface area (Å²) in [6, 6.07) is 12.8. The van der Waals surface area contributed by atoms with Crippen LogP contribution in [0.4, 0.5) is 5.69 Å². The lowest BCUT2D eigenvalue weighted by molar-refractivity contribution is 0.313. The number of anilines is 1. The average molecular weight is 434 g/mol. The van der Waals surface area contributed by atoms with Gasteiger partial charge in [-0.15, -0.1) is 0 Å². The highest BCUT2D eigenvalue weighted by Crippen LogP contribution is 2.30. The Labute approximate surface area is 161 Å². The Bertz CT molecular complexity index is 1040. The smallest absolute Gasteiger partial charge is 0.208 e.